The predicted octanol–water partition coefficient (Wildman–Crippen LogP) is 4.68. The standard InChI is InChI=1S/C17H15Cl3N2O3S/c18-11-3-5-12(6-4-11)21-17(23)13-9-16(15(20)10-14(13)19)26(24,25)22-7-1-2-8-22/h3-6,9-10H,1-2,7-8H2,(H,21,23). The molecule has 1 amide bonds. The van der Waals surface area contributed by atoms with E-state index in [9.17, 15) is 13.2 Å². The third kappa shape index (κ3) is 4.00. The molecular formula is C17H15Cl3N2O3S. The first kappa shape index (κ1) is 19.5. The molecular weight excluding hydrogens is 419 g/mol. The summed E-state index contributed by atoms with van der Waals surface area (Å²) in [6, 6.07) is 9.03. The molecule has 1 aliphatic heterocycles. The summed E-state index contributed by atoms with van der Waals surface area (Å²) in [7, 11) is -3.78. The number of halogens is 3. The van der Waals surface area contributed by atoms with Gasteiger partial charge in [-0.25, -0.2) is 8.42 Å². The van der Waals surface area contributed by atoms with Crippen LogP contribution >= 0.6 is 34.8 Å². The maximum Gasteiger partial charge on any atom is 0.257 e. The summed E-state index contributed by atoms with van der Waals surface area (Å²) in [6.45, 7) is 0.876. The van der Waals surface area contributed by atoms with Crippen molar-refractivity contribution in [2.75, 3.05) is 18.4 Å². The van der Waals surface area contributed by atoms with Crippen LogP contribution in [0, 0.1) is 0 Å². The minimum absolute atomic E-state index is 0.00931. The molecule has 1 saturated heterocycles. The van der Waals surface area contributed by atoms with E-state index in [1.165, 1.54) is 16.4 Å². The molecule has 1 N–H and O–H groups in total. The molecule has 3 rings (SSSR count). The third-order valence-corrected chi connectivity index (χ3v) is 6.98. The Morgan fingerprint density at radius 1 is 0.962 bits per heavy atom. The molecule has 0 atom stereocenters. The Kier molecular flexibility index (Phi) is 5.79. The van der Waals surface area contributed by atoms with Crippen LogP contribution in [0.15, 0.2) is 41.3 Å². The van der Waals surface area contributed by atoms with Gasteiger partial charge in [-0.2, -0.15) is 4.31 Å². The zero-order valence-electron chi connectivity index (χ0n) is 13.5. The first-order chi connectivity index (χ1) is 12.3. The topological polar surface area (TPSA) is 66.5 Å². The molecule has 0 aliphatic carbocycles. The Hall–Kier alpha value is -1.31. The fourth-order valence-corrected chi connectivity index (χ4v) is 5.18. The number of benzene rings is 2. The van der Waals surface area contributed by atoms with Gasteiger partial charge in [0.2, 0.25) is 10.0 Å². The van der Waals surface area contributed by atoms with Crippen LogP contribution in [0.3, 0.4) is 0 Å². The van der Waals surface area contributed by atoms with Crippen molar-refractivity contribution in [3.05, 3.63) is 57.0 Å². The summed E-state index contributed by atoms with van der Waals surface area (Å²) in [6.07, 6.45) is 1.60. The first-order valence-corrected chi connectivity index (χ1v) is 10.4. The summed E-state index contributed by atoms with van der Waals surface area (Å²) in [4.78, 5) is 12.4. The number of anilines is 1. The third-order valence-electron chi connectivity index (χ3n) is 4.05. The lowest BCUT2D eigenvalue weighted by atomic mass is 10.2. The average Bonchev–Trinajstić information content (AvgIpc) is 3.12. The Morgan fingerprint density at radius 3 is 2.19 bits per heavy atom. The molecule has 0 saturated carbocycles. The van der Waals surface area contributed by atoms with Crippen LogP contribution in [-0.4, -0.2) is 31.7 Å². The molecule has 5 nitrogen and oxygen atoms in total. The van der Waals surface area contributed by atoms with Crippen LogP contribution in [0.1, 0.15) is 23.2 Å². The molecule has 138 valence electrons. The Morgan fingerprint density at radius 2 is 1.58 bits per heavy atom. The summed E-state index contributed by atoms with van der Waals surface area (Å²) < 4.78 is 26.9. The maximum atomic E-state index is 12.8. The summed E-state index contributed by atoms with van der Waals surface area (Å²) in [5.74, 6) is -0.535. The molecule has 26 heavy (non-hydrogen) atoms. The number of hydrogen-bond acceptors (Lipinski definition) is 3. The van der Waals surface area contributed by atoms with Crippen molar-refractivity contribution in [3.8, 4) is 0 Å². The fraction of sp³-hybridized carbons (Fsp3) is 0.235. The monoisotopic (exact) mass is 432 g/mol. The van der Waals surface area contributed by atoms with Crippen molar-refractivity contribution in [2.45, 2.75) is 17.7 Å². The molecule has 9 heteroatoms. The Labute approximate surface area is 166 Å². The van der Waals surface area contributed by atoms with E-state index in [1.54, 1.807) is 24.3 Å². The van der Waals surface area contributed by atoms with Crippen LogP contribution < -0.4 is 5.32 Å². The lowest BCUT2D eigenvalue weighted by Gasteiger charge is -2.17. The van der Waals surface area contributed by atoms with Gasteiger partial charge in [-0.3, -0.25) is 4.79 Å². The van der Waals surface area contributed by atoms with E-state index in [4.69, 9.17) is 34.8 Å². The molecule has 1 aliphatic rings. The Bertz CT molecular complexity index is 940. The second-order valence-electron chi connectivity index (χ2n) is 5.83. The molecule has 0 aromatic heterocycles. The van der Waals surface area contributed by atoms with Gasteiger partial charge in [0.1, 0.15) is 4.90 Å². The van der Waals surface area contributed by atoms with Crippen molar-refractivity contribution >= 4 is 56.4 Å². The van der Waals surface area contributed by atoms with E-state index in [0.717, 1.165) is 12.8 Å². The SMILES string of the molecule is O=C(Nc1ccc(Cl)cc1)c1cc(S(=O)(=O)N2CCCC2)c(Cl)cc1Cl. The lowest BCUT2D eigenvalue weighted by Crippen LogP contribution is -2.28. The van der Waals surface area contributed by atoms with Gasteiger partial charge in [-0.05, 0) is 49.2 Å². The van der Waals surface area contributed by atoms with Crippen LogP contribution in [0.25, 0.3) is 0 Å². The number of sulfonamides is 1. The molecule has 0 bridgehead atoms. The van der Waals surface area contributed by atoms with Crippen molar-refractivity contribution in [3.63, 3.8) is 0 Å². The number of hydrogen-bond donors (Lipinski definition) is 1. The van der Waals surface area contributed by atoms with Crippen molar-refractivity contribution in [2.24, 2.45) is 0 Å². The highest BCUT2D eigenvalue weighted by molar-refractivity contribution is 7.89. The highest BCUT2D eigenvalue weighted by atomic mass is 35.5. The number of carbonyl (C=O) groups is 1. The highest BCUT2D eigenvalue weighted by Crippen LogP contribution is 2.32. The van der Waals surface area contributed by atoms with Crippen LogP contribution in [0.2, 0.25) is 15.1 Å². The zero-order chi connectivity index (χ0) is 18.9. The number of nitrogens with one attached hydrogen (secondary N) is 1. The molecule has 0 unspecified atom stereocenters. The van der Waals surface area contributed by atoms with Crippen LogP contribution in [0.4, 0.5) is 5.69 Å². The van der Waals surface area contributed by atoms with Gasteiger partial charge in [0.15, 0.2) is 0 Å². The summed E-state index contributed by atoms with van der Waals surface area (Å²) >= 11 is 18.1. The van der Waals surface area contributed by atoms with Gasteiger partial charge in [0.05, 0.1) is 15.6 Å². The lowest BCUT2D eigenvalue weighted by molar-refractivity contribution is 0.102. The number of carbonyl (C=O) groups excluding carboxylic acids is 1. The van der Waals surface area contributed by atoms with Gasteiger partial charge >= 0.3 is 0 Å². The Balaban J connectivity index is 1.95. The van der Waals surface area contributed by atoms with E-state index < -0.39 is 15.9 Å². The summed E-state index contributed by atoms with van der Waals surface area (Å²) in [5.41, 5.74) is 0.540. The molecule has 0 radical (unpaired) electrons. The van der Waals surface area contributed by atoms with Crippen LogP contribution in [-0.2, 0) is 10.0 Å². The van der Waals surface area contributed by atoms with E-state index in [0.29, 0.717) is 23.8 Å². The smallest absolute Gasteiger partial charge is 0.257 e. The quantitative estimate of drug-likeness (QED) is 0.761. The molecule has 2 aromatic carbocycles. The fourth-order valence-electron chi connectivity index (χ4n) is 2.70. The average molecular weight is 434 g/mol. The second kappa shape index (κ2) is 7.74. The van der Waals surface area contributed by atoms with Gasteiger partial charge < -0.3 is 5.32 Å². The molecule has 0 spiro atoms. The minimum Gasteiger partial charge on any atom is -0.322 e. The van der Waals surface area contributed by atoms with Crippen molar-refractivity contribution < 1.29 is 13.2 Å². The predicted molar refractivity (Wildman–Crippen MR) is 104 cm³/mol. The molecule has 2 aromatic rings. The highest BCUT2D eigenvalue weighted by Gasteiger charge is 2.30. The molecule has 1 fully saturated rings. The van der Waals surface area contributed by atoms with Gasteiger partial charge in [-0.15, -0.1) is 0 Å². The number of amides is 1. The van der Waals surface area contributed by atoms with E-state index in [2.05, 4.69) is 5.32 Å². The normalized spacial score (nSPS) is 15.2. The van der Waals surface area contributed by atoms with Crippen molar-refractivity contribution in [1.29, 1.82) is 0 Å². The van der Waals surface area contributed by atoms with E-state index in [-0.39, 0.29) is 20.5 Å². The van der Waals surface area contributed by atoms with E-state index >= 15 is 0 Å². The van der Waals surface area contributed by atoms with E-state index in [1.807, 2.05) is 0 Å². The number of nitrogens with zero attached hydrogens (tertiary/aromatic N) is 1. The zero-order valence-corrected chi connectivity index (χ0v) is 16.6. The minimum atomic E-state index is -3.78. The van der Waals surface area contributed by atoms with Crippen molar-refractivity contribution in [1.82, 2.24) is 4.31 Å². The molecule has 1 heterocycles. The second-order valence-corrected chi connectivity index (χ2v) is 8.99. The first-order valence-electron chi connectivity index (χ1n) is 7.85. The largest absolute Gasteiger partial charge is 0.322 e. The maximum absolute atomic E-state index is 12.8. The number of rotatable bonds is 4. The van der Waals surface area contributed by atoms with Gasteiger partial charge in [0.25, 0.3) is 5.91 Å². The van der Waals surface area contributed by atoms with Gasteiger partial charge in [0, 0.05) is 23.8 Å². The van der Waals surface area contributed by atoms with Crippen LogP contribution in [0.5, 0.6) is 0 Å². The van der Waals surface area contributed by atoms with Gasteiger partial charge in [-0.1, -0.05) is 34.8 Å². The summed E-state index contributed by atoms with van der Waals surface area (Å²) in [5, 5.41) is 3.26.